The van der Waals surface area contributed by atoms with Crippen LogP contribution in [0.5, 0.6) is 0 Å². The Morgan fingerprint density at radius 2 is 2.16 bits per heavy atom. The van der Waals surface area contributed by atoms with Gasteiger partial charge in [-0.15, -0.1) is 0 Å². The molecule has 2 amide bonds. The highest BCUT2D eigenvalue weighted by molar-refractivity contribution is 7.15. The summed E-state index contributed by atoms with van der Waals surface area (Å²) in [5.41, 5.74) is 2.67. The molecular weight excluding hydrogens is 334 g/mol. The second kappa shape index (κ2) is 7.35. The van der Waals surface area contributed by atoms with Crippen molar-refractivity contribution in [3.05, 3.63) is 46.0 Å². The Morgan fingerprint density at radius 1 is 1.36 bits per heavy atom. The van der Waals surface area contributed by atoms with Crippen molar-refractivity contribution in [2.75, 3.05) is 11.9 Å². The van der Waals surface area contributed by atoms with E-state index in [1.165, 1.54) is 11.3 Å². The molecule has 2 heterocycles. The van der Waals surface area contributed by atoms with Gasteiger partial charge in [0.2, 0.25) is 5.91 Å². The molecule has 5 nitrogen and oxygen atoms in total. The van der Waals surface area contributed by atoms with Crippen molar-refractivity contribution in [2.45, 2.75) is 40.2 Å². The van der Waals surface area contributed by atoms with E-state index in [1.54, 1.807) is 6.07 Å². The predicted molar refractivity (Wildman–Crippen MR) is 99.8 cm³/mol. The van der Waals surface area contributed by atoms with E-state index in [0.717, 1.165) is 22.6 Å². The number of aromatic nitrogens is 1. The average Bonchev–Trinajstić information content (AvgIpc) is 2.95. The lowest BCUT2D eigenvalue weighted by Crippen LogP contribution is -2.36. The normalized spacial score (nSPS) is 13.7. The van der Waals surface area contributed by atoms with Crippen LogP contribution in [0, 0.1) is 12.8 Å². The number of thiazole rings is 1. The van der Waals surface area contributed by atoms with Crippen LogP contribution in [0.4, 0.5) is 5.13 Å². The highest BCUT2D eigenvalue weighted by Gasteiger charge is 2.24. The Hall–Kier alpha value is -2.21. The van der Waals surface area contributed by atoms with Crippen LogP contribution in [0.15, 0.2) is 24.3 Å². The Bertz CT molecular complexity index is 798. The van der Waals surface area contributed by atoms with E-state index in [-0.39, 0.29) is 11.8 Å². The lowest BCUT2D eigenvalue weighted by molar-refractivity contribution is -0.132. The minimum Gasteiger partial charge on any atom is -0.337 e. The van der Waals surface area contributed by atoms with Crippen LogP contribution in [0.25, 0.3) is 0 Å². The first-order valence-electron chi connectivity index (χ1n) is 8.56. The Labute approximate surface area is 152 Å². The van der Waals surface area contributed by atoms with Crippen LogP contribution in [0.1, 0.15) is 46.8 Å². The third kappa shape index (κ3) is 4.25. The van der Waals surface area contributed by atoms with Crippen molar-refractivity contribution >= 4 is 28.3 Å². The van der Waals surface area contributed by atoms with Gasteiger partial charge in [-0.3, -0.25) is 14.9 Å². The fourth-order valence-corrected chi connectivity index (χ4v) is 3.91. The summed E-state index contributed by atoms with van der Waals surface area (Å²) in [6.07, 6.45) is 1.32. The van der Waals surface area contributed by atoms with Crippen molar-refractivity contribution < 1.29 is 9.59 Å². The first kappa shape index (κ1) is 17.6. The minimum absolute atomic E-state index is 0.150. The van der Waals surface area contributed by atoms with Gasteiger partial charge in [0, 0.05) is 29.8 Å². The quantitative estimate of drug-likeness (QED) is 0.909. The van der Waals surface area contributed by atoms with Gasteiger partial charge in [-0.05, 0) is 25.0 Å². The Kier molecular flexibility index (Phi) is 5.18. The number of carbonyl (C=O) groups is 2. The summed E-state index contributed by atoms with van der Waals surface area (Å²) in [5, 5.41) is 3.49. The van der Waals surface area contributed by atoms with Crippen LogP contribution < -0.4 is 5.32 Å². The number of aryl methyl sites for hydroxylation is 1. The van der Waals surface area contributed by atoms with E-state index < -0.39 is 0 Å². The molecule has 1 aliphatic rings. The van der Waals surface area contributed by atoms with Gasteiger partial charge in [0.25, 0.3) is 5.91 Å². The van der Waals surface area contributed by atoms with Crippen molar-refractivity contribution in [1.29, 1.82) is 0 Å². The van der Waals surface area contributed by atoms with E-state index in [0.29, 0.717) is 36.1 Å². The number of fused-ring (bicyclic) bond motifs is 1. The Balaban J connectivity index is 1.68. The highest BCUT2D eigenvalue weighted by Crippen LogP contribution is 2.29. The van der Waals surface area contributed by atoms with Crippen LogP contribution >= 0.6 is 11.3 Å². The van der Waals surface area contributed by atoms with Gasteiger partial charge in [-0.25, -0.2) is 4.98 Å². The predicted octanol–water partition coefficient (Wildman–Crippen LogP) is 3.63. The standard InChI is InChI=1S/C19H23N3O2S/c1-12(2)9-17(23)22-8-7-15-16(11-22)25-19(20-15)21-18(24)14-6-4-5-13(3)10-14/h4-6,10,12H,7-9,11H2,1-3H3,(H,20,21,24). The molecule has 1 aromatic heterocycles. The summed E-state index contributed by atoms with van der Waals surface area (Å²) < 4.78 is 0. The lowest BCUT2D eigenvalue weighted by Gasteiger charge is -2.26. The summed E-state index contributed by atoms with van der Waals surface area (Å²) in [5.74, 6) is 0.404. The summed E-state index contributed by atoms with van der Waals surface area (Å²) in [7, 11) is 0. The molecule has 0 saturated carbocycles. The van der Waals surface area contributed by atoms with Crippen molar-refractivity contribution in [1.82, 2.24) is 9.88 Å². The van der Waals surface area contributed by atoms with Gasteiger partial charge >= 0.3 is 0 Å². The molecule has 0 unspecified atom stereocenters. The maximum Gasteiger partial charge on any atom is 0.257 e. The second-order valence-electron chi connectivity index (χ2n) is 6.88. The number of nitrogens with zero attached hydrogens (tertiary/aromatic N) is 2. The molecule has 0 atom stereocenters. The number of anilines is 1. The number of nitrogens with one attached hydrogen (secondary N) is 1. The van der Waals surface area contributed by atoms with Gasteiger partial charge in [0.05, 0.1) is 12.2 Å². The lowest BCUT2D eigenvalue weighted by atomic mass is 10.1. The summed E-state index contributed by atoms with van der Waals surface area (Å²) in [6.45, 7) is 7.37. The molecule has 0 fully saturated rings. The zero-order valence-electron chi connectivity index (χ0n) is 14.8. The van der Waals surface area contributed by atoms with Crippen LogP contribution in [-0.2, 0) is 17.8 Å². The molecule has 25 heavy (non-hydrogen) atoms. The van der Waals surface area contributed by atoms with Gasteiger partial charge in [-0.2, -0.15) is 0 Å². The topological polar surface area (TPSA) is 62.3 Å². The minimum atomic E-state index is -0.150. The highest BCUT2D eigenvalue weighted by atomic mass is 32.1. The van der Waals surface area contributed by atoms with Gasteiger partial charge in [0.15, 0.2) is 5.13 Å². The second-order valence-corrected chi connectivity index (χ2v) is 7.96. The number of benzene rings is 1. The van der Waals surface area contributed by atoms with Gasteiger partial charge in [-0.1, -0.05) is 42.9 Å². The molecule has 132 valence electrons. The monoisotopic (exact) mass is 357 g/mol. The van der Waals surface area contributed by atoms with Gasteiger partial charge < -0.3 is 4.90 Å². The van der Waals surface area contributed by atoms with Crippen LogP contribution in [0.2, 0.25) is 0 Å². The molecule has 0 bridgehead atoms. The third-order valence-electron chi connectivity index (χ3n) is 4.17. The number of amides is 2. The summed E-state index contributed by atoms with van der Waals surface area (Å²) in [6, 6.07) is 7.48. The fourth-order valence-electron chi connectivity index (χ4n) is 2.90. The average molecular weight is 357 g/mol. The van der Waals surface area contributed by atoms with E-state index in [2.05, 4.69) is 24.1 Å². The maximum absolute atomic E-state index is 12.4. The van der Waals surface area contributed by atoms with Crippen LogP contribution in [0.3, 0.4) is 0 Å². The van der Waals surface area contributed by atoms with Crippen LogP contribution in [-0.4, -0.2) is 28.2 Å². The molecule has 0 spiro atoms. The molecule has 1 aliphatic heterocycles. The zero-order chi connectivity index (χ0) is 18.0. The van der Waals surface area contributed by atoms with E-state index in [1.807, 2.05) is 30.0 Å². The molecule has 1 N–H and O–H groups in total. The number of hydrogen-bond acceptors (Lipinski definition) is 4. The zero-order valence-corrected chi connectivity index (χ0v) is 15.7. The largest absolute Gasteiger partial charge is 0.337 e. The maximum atomic E-state index is 12.4. The molecule has 3 rings (SSSR count). The van der Waals surface area contributed by atoms with Gasteiger partial charge in [0.1, 0.15) is 0 Å². The number of hydrogen-bond donors (Lipinski definition) is 1. The smallest absolute Gasteiger partial charge is 0.257 e. The van der Waals surface area contributed by atoms with E-state index >= 15 is 0 Å². The number of rotatable bonds is 4. The fraction of sp³-hybridized carbons (Fsp3) is 0.421. The molecule has 6 heteroatoms. The third-order valence-corrected chi connectivity index (χ3v) is 5.17. The first-order chi connectivity index (χ1) is 11.9. The van der Waals surface area contributed by atoms with Crippen molar-refractivity contribution in [3.63, 3.8) is 0 Å². The molecule has 0 saturated heterocycles. The summed E-state index contributed by atoms with van der Waals surface area (Å²) in [4.78, 5) is 32.1. The number of carbonyl (C=O) groups excluding carboxylic acids is 2. The molecular formula is C19H23N3O2S. The molecule has 0 radical (unpaired) electrons. The first-order valence-corrected chi connectivity index (χ1v) is 9.38. The SMILES string of the molecule is Cc1cccc(C(=O)Nc2nc3c(s2)CN(C(=O)CC(C)C)CC3)c1. The Morgan fingerprint density at radius 3 is 2.88 bits per heavy atom. The molecule has 2 aromatic rings. The molecule has 1 aromatic carbocycles. The van der Waals surface area contributed by atoms with Crippen molar-refractivity contribution in [2.24, 2.45) is 5.92 Å². The van der Waals surface area contributed by atoms with E-state index in [4.69, 9.17) is 0 Å². The van der Waals surface area contributed by atoms with Crippen molar-refractivity contribution in [3.8, 4) is 0 Å². The van der Waals surface area contributed by atoms with E-state index in [9.17, 15) is 9.59 Å². The summed E-state index contributed by atoms with van der Waals surface area (Å²) >= 11 is 1.47. The molecule has 0 aliphatic carbocycles.